The first-order valence-electron chi connectivity index (χ1n) is 21.3. The lowest BCUT2D eigenvalue weighted by atomic mass is 10.2. The Hall–Kier alpha value is -5.89. The molecule has 2 aromatic carbocycles. The topological polar surface area (TPSA) is 36.9 Å². The molecule has 0 unspecified atom stereocenters. The van der Waals surface area contributed by atoms with Crippen LogP contribution in [-0.2, 0) is 0 Å². The predicted molar refractivity (Wildman–Crippen MR) is 280 cm³/mol. The van der Waals surface area contributed by atoms with Gasteiger partial charge in [-0.3, -0.25) is 0 Å². The lowest BCUT2D eigenvalue weighted by Gasteiger charge is -2.38. The molecule has 0 saturated carbocycles. The minimum atomic E-state index is -2.08. The lowest BCUT2D eigenvalue weighted by molar-refractivity contribution is 0.474. The summed E-state index contributed by atoms with van der Waals surface area (Å²) in [5.41, 5.74) is 1.53. The summed E-state index contributed by atoms with van der Waals surface area (Å²) in [6, 6.07) is 11.8. The summed E-state index contributed by atoms with van der Waals surface area (Å²) in [7, 11) is -8.33. The molecule has 0 aromatic heterocycles. The SMILES string of the molecule is CC(C)(C)[Si](C)(C)Oc1cc(C#CC#CC#CC#CC#CC#CC#CC#CC#CC#Cc2cc(O[Si](C)(C)C(C)(C)C)cc(O[Si](C)(C)C(C)(C)C)c2)cc(O[Si](C)(C)C(C)(C)C)c1. The zero-order chi connectivity index (χ0) is 48.7. The average Bonchev–Trinajstić information content (AvgIpc) is 3.11. The average molecular weight is 915 g/mol. The van der Waals surface area contributed by atoms with Gasteiger partial charge in [0.15, 0.2) is 0 Å². The van der Waals surface area contributed by atoms with Crippen LogP contribution in [-0.4, -0.2) is 33.3 Å². The van der Waals surface area contributed by atoms with Crippen LogP contribution in [0.4, 0.5) is 0 Å². The number of benzene rings is 2. The predicted octanol–water partition coefficient (Wildman–Crippen LogP) is 12.7. The summed E-state index contributed by atoms with van der Waals surface area (Å²) < 4.78 is 26.5. The Morgan fingerprint density at radius 1 is 0.266 bits per heavy atom. The molecule has 64 heavy (non-hydrogen) atoms. The molecule has 0 N–H and O–H groups in total. The van der Waals surface area contributed by atoms with E-state index in [9.17, 15) is 0 Å². The lowest BCUT2D eigenvalue weighted by Crippen LogP contribution is -2.44. The summed E-state index contributed by atoms with van der Waals surface area (Å²) in [4.78, 5) is 0. The Labute approximate surface area is 393 Å². The first kappa shape index (κ1) is 54.2. The second kappa shape index (κ2) is 22.1. The van der Waals surface area contributed by atoms with Crippen LogP contribution in [0, 0.1) is 118 Å². The van der Waals surface area contributed by atoms with E-state index in [-0.39, 0.29) is 20.2 Å². The summed E-state index contributed by atoms with van der Waals surface area (Å²) >= 11 is 0. The molecule has 0 aliphatic rings. The van der Waals surface area contributed by atoms with Gasteiger partial charge in [-0.2, -0.15) is 0 Å². The molecule has 0 spiro atoms. The van der Waals surface area contributed by atoms with Gasteiger partial charge in [-0.05, 0) is 192 Å². The van der Waals surface area contributed by atoms with E-state index in [0.717, 1.165) is 34.1 Å². The van der Waals surface area contributed by atoms with Crippen molar-refractivity contribution in [3.63, 3.8) is 0 Å². The molecule has 0 atom stereocenters. The Kier molecular flexibility index (Phi) is 18.8. The minimum absolute atomic E-state index is 0.0470. The maximum atomic E-state index is 6.62. The van der Waals surface area contributed by atoms with Gasteiger partial charge < -0.3 is 17.7 Å². The van der Waals surface area contributed by atoms with Crippen LogP contribution in [0.1, 0.15) is 94.2 Å². The molecule has 330 valence electrons. The van der Waals surface area contributed by atoms with Crippen molar-refractivity contribution in [2.75, 3.05) is 0 Å². The Morgan fingerprint density at radius 2 is 0.422 bits per heavy atom. The molecule has 8 heteroatoms. The Morgan fingerprint density at radius 3 is 0.578 bits per heavy atom. The van der Waals surface area contributed by atoms with Crippen LogP contribution < -0.4 is 17.7 Å². The third kappa shape index (κ3) is 18.1. The second-order valence-electron chi connectivity index (χ2n) is 21.3. The highest BCUT2D eigenvalue weighted by Crippen LogP contribution is 2.42. The summed E-state index contributed by atoms with van der Waals surface area (Å²) in [6.07, 6.45) is 0. The maximum Gasteiger partial charge on any atom is 0.250 e. The minimum Gasteiger partial charge on any atom is -0.543 e. The maximum absolute atomic E-state index is 6.62. The van der Waals surface area contributed by atoms with Gasteiger partial charge in [-0.15, -0.1) is 0 Å². The molecule has 0 bridgehead atoms. The molecule has 4 nitrogen and oxygen atoms in total. The highest BCUT2D eigenvalue weighted by atomic mass is 28.4. The highest BCUT2D eigenvalue weighted by molar-refractivity contribution is 6.76. The van der Waals surface area contributed by atoms with Crippen LogP contribution in [0.2, 0.25) is 72.5 Å². The molecule has 0 radical (unpaired) electrons. The van der Waals surface area contributed by atoms with Crippen LogP contribution >= 0.6 is 0 Å². The zero-order valence-electron chi connectivity index (χ0n) is 42.1. The van der Waals surface area contributed by atoms with Crippen molar-refractivity contribution in [2.24, 2.45) is 0 Å². The van der Waals surface area contributed by atoms with E-state index in [1.165, 1.54) is 0 Å². The molecule has 0 aliphatic heterocycles. The molecule has 2 aromatic rings. The molecule has 0 aliphatic carbocycles. The van der Waals surface area contributed by atoms with Crippen molar-refractivity contribution in [2.45, 2.75) is 156 Å². The van der Waals surface area contributed by atoms with Gasteiger partial charge in [0.2, 0.25) is 33.3 Å². The fourth-order valence-electron chi connectivity index (χ4n) is 4.02. The Bertz CT molecular complexity index is 2430. The molecule has 0 amide bonds. The Balaban J connectivity index is 2.11. The first-order chi connectivity index (χ1) is 29.3. The van der Waals surface area contributed by atoms with E-state index >= 15 is 0 Å². The van der Waals surface area contributed by atoms with Crippen molar-refractivity contribution in [3.05, 3.63) is 47.5 Å². The van der Waals surface area contributed by atoms with Crippen LogP contribution in [0.15, 0.2) is 36.4 Å². The van der Waals surface area contributed by atoms with Crippen LogP contribution in [0.3, 0.4) is 0 Å². The van der Waals surface area contributed by atoms with Gasteiger partial charge in [0.1, 0.15) is 23.0 Å². The van der Waals surface area contributed by atoms with E-state index in [4.69, 9.17) is 17.7 Å². The van der Waals surface area contributed by atoms with Crippen LogP contribution in [0.25, 0.3) is 0 Å². The quantitative estimate of drug-likeness (QED) is 0.195. The van der Waals surface area contributed by atoms with E-state index in [2.05, 4.69) is 254 Å². The fourth-order valence-corrected chi connectivity index (χ4v) is 8.07. The van der Waals surface area contributed by atoms with Crippen LogP contribution in [0.5, 0.6) is 23.0 Å². The fraction of sp³-hybridized carbons (Fsp3) is 0.429. The summed E-state index contributed by atoms with van der Waals surface area (Å²) in [6.45, 7) is 44.4. The van der Waals surface area contributed by atoms with Gasteiger partial charge in [-0.25, -0.2) is 0 Å². The van der Waals surface area contributed by atoms with Gasteiger partial charge in [0.05, 0.1) is 0 Å². The van der Waals surface area contributed by atoms with Crippen molar-refractivity contribution < 1.29 is 17.7 Å². The third-order valence-electron chi connectivity index (χ3n) is 12.0. The van der Waals surface area contributed by atoms with E-state index < -0.39 is 33.3 Å². The van der Waals surface area contributed by atoms with Gasteiger partial charge >= 0.3 is 0 Å². The molecular weight excluding hydrogens is 849 g/mol. The standard InChI is InChI=1S/C56H66O4Si4/c1-53(2,3)61(13,14)57-49-41-47(42-50(45-49)58-62(15,16)54(4,5)6)39-37-35-33-31-29-27-25-23-21-22-24-26-28-30-32-34-36-38-40-48-43-51(59-63(17,18)55(7,8)9)46-52(44-48)60-64(19,20)56(10,11)12/h41-46H,1-20H3. The second-order valence-corrected chi connectivity index (χ2v) is 40.2. The number of rotatable bonds is 8. The van der Waals surface area contributed by atoms with Crippen molar-refractivity contribution in [1.82, 2.24) is 0 Å². The molecule has 0 saturated heterocycles. The number of hydrogen-bond acceptors (Lipinski definition) is 4. The largest absolute Gasteiger partial charge is 0.543 e. The highest BCUT2D eigenvalue weighted by Gasteiger charge is 2.42. The van der Waals surface area contributed by atoms with Gasteiger partial charge in [0, 0.05) is 35.1 Å². The molecule has 2 rings (SSSR count). The van der Waals surface area contributed by atoms with E-state index in [1.807, 2.05) is 36.4 Å². The van der Waals surface area contributed by atoms with Crippen molar-refractivity contribution >= 4 is 33.3 Å². The van der Waals surface area contributed by atoms with Gasteiger partial charge in [0.25, 0.3) is 0 Å². The molecule has 0 heterocycles. The van der Waals surface area contributed by atoms with E-state index in [1.54, 1.807) is 0 Å². The van der Waals surface area contributed by atoms with E-state index in [0.29, 0.717) is 0 Å². The van der Waals surface area contributed by atoms with Crippen molar-refractivity contribution in [3.8, 4) is 141 Å². The molecular formula is C56H66O4Si4. The van der Waals surface area contributed by atoms with Gasteiger partial charge in [-0.1, -0.05) is 94.9 Å². The van der Waals surface area contributed by atoms with Crippen molar-refractivity contribution in [1.29, 1.82) is 0 Å². The smallest absolute Gasteiger partial charge is 0.250 e. The monoisotopic (exact) mass is 914 g/mol. The molecule has 0 fully saturated rings. The zero-order valence-corrected chi connectivity index (χ0v) is 46.1. The summed E-state index contributed by atoms with van der Waals surface area (Å²) in [5.74, 6) is 57.7. The normalized spacial score (nSPS) is 11.1. The number of hydrogen-bond donors (Lipinski definition) is 0. The first-order valence-corrected chi connectivity index (χ1v) is 33.0. The summed E-state index contributed by atoms with van der Waals surface area (Å²) in [5, 5.41) is 0.188. The third-order valence-corrected chi connectivity index (χ3v) is 29.4.